The first-order valence-corrected chi connectivity index (χ1v) is 9.19. The number of nitrogens with zero attached hydrogens (tertiary/aromatic N) is 1. The van der Waals surface area contributed by atoms with Gasteiger partial charge in [-0.25, -0.2) is 0 Å². The minimum absolute atomic E-state index is 0.113. The Balaban J connectivity index is 1.66. The molecule has 2 aromatic carbocycles. The predicted octanol–water partition coefficient (Wildman–Crippen LogP) is 3.70. The number of carbonyl (C=O) groups is 1. The van der Waals surface area contributed by atoms with Crippen LogP contribution >= 0.6 is 0 Å². The van der Waals surface area contributed by atoms with Gasteiger partial charge in [0.2, 0.25) is 12.2 Å². The number of fused-ring (bicyclic) bond motifs is 2. The van der Waals surface area contributed by atoms with Gasteiger partial charge >= 0.3 is 6.18 Å². The van der Waals surface area contributed by atoms with Crippen molar-refractivity contribution >= 4 is 16.8 Å². The Hall–Kier alpha value is -3.49. The molecule has 0 bridgehead atoms. The number of halogens is 3. The summed E-state index contributed by atoms with van der Waals surface area (Å²) in [6.45, 7) is 2.39. The second kappa shape index (κ2) is 7.40. The van der Waals surface area contributed by atoms with E-state index < -0.39 is 23.1 Å². The van der Waals surface area contributed by atoms with Crippen LogP contribution in [0, 0.1) is 0 Å². The molecule has 1 N–H and O–H groups in total. The molecule has 0 saturated carbocycles. The van der Waals surface area contributed by atoms with E-state index in [-0.39, 0.29) is 24.3 Å². The van der Waals surface area contributed by atoms with Gasteiger partial charge in [0, 0.05) is 24.7 Å². The van der Waals surface area contributed by atoms with Crippen molar-refractivity contribution in [1.29, 1.82) is 0 Å². The van der Waals surface area contributed by atoms with Crippen molar-refractivity contribution in [2.24, 2.45) is 0 Å². The molecule has 0 saturated heterocycles. The lowest BCUT2D eigenvalue weighted by atomic mass is 10.1. The largest absolute Gasteiger partial charge is 0.454 e. The Morgan fingerprint density at radius 2 is 1.90 bits per heavy atom. The van der Waals surface area contributed by atoms with Crippen molar-refractivity contribution < 1.29 is 27.4 Å². The van der Waals surface area contributed by atoms with Crippen LogP contribution in [-0.4, -0.2) is 17.3 Å². The summed E-state index contributed by atoms with van der Waals surface area (Å²) in [5.41, 5.74) is -0.840. The Morgan fingerprint density at radius 1 is 1.13 bits per heavy atom. The van der Waals surface area contributed by atoms with Gasteiger partial charge in [-0.05, 0) is 42.8 Å². The molecule has 0 fully saturated rings. The summed E-state index contributed by atoms with van der Waals surface area (Å²) in [7, 11) is 0. The number of rotatable bonds is 4. The maximum Gasteiger partial charge on any atom is 0.416 e. The number of nitrogens with one attached hydrogen (secondary N) is 1. The molecule has 0 radical (unpaired) electrons. The third kappa shape index (κ3) is 3.58. The number of hydrogen-bond donors (Lipinski definition) is 1. The van der Waals surface area contributed by atoms with Gasteiger partial charge in [0.25, 0.3) is 5.91 Å². The molecule has 1 aromatic heterocycles. The van der Waals surface area contributed by atoms with Crippen LogP contribution in [0.25, 0.3) is 10.9 Å². The van der Waals surface area contributed by atoms with Gasteiger partial charge in [0.15, 0.2) is 11.5 Å². The highest BCUT2D eigenvalue weighted by molar-refractivity contribution is 5.97. The van der Waals surface area contributed by atoms with Crippen LogP contribution in [0.15, 0.2) is 47.4 Å². The number of aryl methyl sites for hydroxylation is 1. The van der Waals surface area contributed by atoms with Crippen LogP contribution in [0.5, 0.6) is 11.5 Å². The molecule has 156 valence electrons. The van der Waals surface area contributed by atoms with Crippen LogP contribution in [0.1, 0.15) is 28.4 Å². The van der Waals surface area contributed by atoms with Crippen molar-refractivity contribution in [2.75, 3.05) is 6.79 Å². The Bertz CT molecular complexity index is 1200. The van der Waals surface area contributed by atoms with E-state index in [0.717, 1.165) is 17.7 Å². The third-order valence-electron chi connectivity index (χ3n) is 4.88. The zero-order valence-electron chi connectivity index (χ0n) is 15.9. The summed E-state index contributed by atoms with van der Waals surface area (Å²) < 4.78 is 51.3. The molecular weight excluding hydrogens is 401 g/mol. The number of amides is 1. The topological polar surface area (TPSA) is 69.6 Å². The van der Waals surface area contributed by atoms with E-state index in [9.17, 15) is 22.8 Å². The molecule has 1 amide bonds. The van der Waals surface area contributed by atoms with Crippen LogP contribution < -0.4 is 20.2 Å². The minimum atomic E-state index is -4.59. The summed E-state index contributed by atoms with van der Waals surface area (Å²) in [6.07, 6.45) is -3.22. The number of carbonyl (C=O) groups excluding carboxylic acids is 1. The predicted molar refractivity (Wildman–Crippen MR) is 103 cm³/mol. The van der Waals surface area contributed by atoms with Crippen molar-refractivity contribution in [3.05, 3.63) is 69.5 Å². The number of ether oxygens (including phenoxy) is 2. The maximum atomic E-state index is 13.1. The average Bonchev–Trinajstić information content (AvgIpc) is 3.19. The minimum Gasteiger partial charge on any atom is -0.454 e. The van der Waals surface area contributed by atoms with E-state index >= 15 is 0 Å². The van der Waals surface area contributed by atoms with E-state index in [1.54, 1.807) is 29.7 Å². The van der Waals surface area contributed by atoms with Gasteiger partial charge in [-0.2, -0.15) is 13.2 Å². The quantitative estimate of drug-likeness (QED) is 0.702. The SMILES string of the molecule is CCn1cc(C(=O)NCc2ccc3c(c2)OCO3)c(=O)c2cc(C(F)(F)F)ccc21. The molecule has 4 rings (SSSR count). The smallest absolute Gasteiger partial charge is 0.416 e. The fourth-order valence-electron chi connectivity index (χ4n) is 3.33. The van der Waals surface area contributed by atoms with Gasteiger partial charge in [0.05, 0.1) is 11.1 Å². The first-order valence-electron chi connectivity index (χ1n) is 9.19. The number of hydrogen-bond acceptors (Lipinski definition) is 4. The lowest BCUT2D eigenvalue weighted by molar-refractivity contribution is -0.137. The molecule has 0 aliphatic carbocycles. The summed E-state index contributed by atoms with van der Waals surface area (Å²) in [6, 6.07) is 8.13. The lowest BCUT2D eigenvalue weighted by Gasteiger charge is -2.14. The fourth-order valence-corrected chi connectivity index (χ4v) is 3.33. The van der Waals surface area contributed by atoms with Gasteiger partial charge in [-0.15, -0.1) is 0 Å². The molecule has 0 unspecified atom stereocenters. The van der Waals surface area contributed by atoms with E-state index in [1.807, 2.05) is 0 Å². The molecule has 2 heterocycles. The monoisotopic (exact) mass is 418 g/mol. The van der Waals surface area contributed by atoms with Crippen molar-refractivity contribution in [2.45, 2.75) is 26.2 Å². The first kappa shape index (κ1) is 19.8. The zero-order chi connectivity index (χ0) is 21.5. The Morgan fingerprint density at radius 3 is 2.63 bits per heavy atom. The molecule has 30 heavy (non-hydrogen) atoms. The summed E-state index contributed by atoms with van der Waals surface area (Å²) in [5.74, 6) is 0.491. The first-order chi connectivity index (χ1) is 14.3. The third-order valence-corrected chi connectivity index (χ3v) is 4.88. The van der Waals surface area contributed by atoms with Crippen molar-refractivity contribution in [3.63, 3.8) is 0 Å². The van der Waals surface area contributed by atoms with E-state index in [0.29, 0.717) is 23.6 Å². The Kier molecular flexibility index (Phi) is 4.89. The summed E-state index contributed by atoms with van der Waals surface area (Å²) in [4.78, 5) is 25.5. The number of pyridine rings is 1. The Labute approximate surface area is 168 Å². The number of aromatic nitrogens is 1. The lowest BCUT2D eigenvalue weighted by Crippen LogP contribution is -2.29. The van der Waals surface area contributed by atoms with Crippen molar-refractivity contribution in [3.8, 4) is 11.5 Å². The van der Waals surface area contributed by atoms with E-state index in [1.165, 1.54) is 12.3 Å². The molecule has 9 heteroatoms. The molecule has 1 aliphatic rings. The highest BCUT2D eigenvalue weighted by Gasteiger charge is 2.31. The van der Waals surface area contributed by atoms with Gasteiger partial charge in [-0.3, -0.25) is 9.59 Å². The molecule has 1 aliphatic heterocycles. The number of benzene rings is 2. The van der Waals surface area contributed by atoms with Crippen LogP contribution in [0.2, 0.25) is 0 Å². The fraction of sp³-hybridized carbons (Fsp3) is 0.238. The van der Waals surface area contributed by atoms with Crippen molar-refractivity contribution in [1.82, 2.24) is 9.88 Å². The van der Waals surface area contributed by atoms with E-state index in [2.05, 4.69) is 5.32 Å². The van der Waals surface area contributed by atoms with Crippen LogP contribution in [0.3, 0.4) is 0 Å². The number of alkyl halides is 3. The van der Waals surface area contributed by atoms with Crippen LogP contribution in [0.4, 0.5) is 13.2 Å². The normalized spacial score (nSPS) is 12.9. The molecule has 0 spiro atoms. The highest BCUT2D eigenvalue weighted by Crippen LogP contribution is 2.32. The summed E-state index contributed by atoms with van der Waals surface area (Å²) >= 11 is 0. The second-order valence-corrected chi connectivity index (χ2v) is 6.76. The van der Waals surface area contributed by atoms with Gasteiger partial charge in [0.1, 0.15) is 5.56 Å². The second-order valence-electron chi connectivity index (χ2n) is 6.76. The summed E-state index contributed by atoms with van der Waals surface area (Å²) in [5, 5.41) is 2.49. The van der Waals surface area contributed by atoms with Crippen LogP contribution in [-0.2, 0) is 19.3 Å². The molecule has 0 atom stereocenters. The molecule has 6 nitrogen and oxygen atoms in total. The van der Waals surface area contributed by atoms with E-state index in [4.69, 9.17) is 9.47 Å². The molecule has 3 aromatic rings. The van der Waals surface area contributed by atoms with Gasteiger partial charge < -0.3 is 19.4 Å². The zero-order valence-corrected chi connectivity index (χ0v) is 15.9. The molecular formula is C21H17F3N2O4. The maximum absolute atomic E-state index is 13.1. The average molecular weight is 418 g/mol. The highest BCUT2D eigenvalue weighted by atomic mass is 19.4. The van der Waals surface area contributed by atoms with Gasteiger partial charge in [-0.1, -0.05) is 6.07 Å². The standard InChI is InChI=1S/C21H17F3N2O4/c1-2-26-10-15(19(27)14-8-13(21(22,23)24)4-5-16(14)26)20(28)25-9-12-3-6-17-18(7-12)30-11-29-17/h3-8,10H,2,9,11H2,1H3,(H,25,28).